The molecule has 21 heavy (non-hydrogen) atoms. The van der Waals surface area contributed by atoms with Crippen LogP contribution in [0.4, 0.5) is 5.69 Å². The van der Waals surface area contributed by atoms with Crippen LogP contribution in [-0.2, 0) is 4.74 Å². The van der Waals surface area contributed by atoms with Gasteiger partial charge in [-0.15, -0.1) is 0 Å². The SMILES string of the molecule is CCOC(=O)c1ccnc(Oc2ccccc2OC)c1N. The number of nitrogen functional groups attached to an aromatic ring is 1. The van der Waals surface area contributed by atoms with Gasteiger partial charge in [0.1, 0.15) is 5.69 Å². The highest BCUT2D eigenvalue weighted by Gasteiger charge is 2.17. The normalized spacial score (nSPS) is 10.0. The van der Waals surface area contributed by atoms with Crippen molar-refractivity contribution in [3.05, 3.63) is 42.1 Å². The van der Waals surface area contributed by atoms with E-state index in [0.29, 0.717) is 11.5 Å². The molecule has 6 nitrogen and oxygen atoms in total. The second-order valence-electron chi connectivity index (χ2n) is 4.05. The van der Waals surface area contributed by atoms with Gasteiger partial charge in [0.2, 0.25) is 5.88 Å². The molecule has 6 heteroatoms. The van der Waals surface area contributed by atoms with Gasteiger partial charge in [-0.25, -0.2) is 9.78 Å². The highest BCUT2D eigenvalue weighted by molar-refractivity contribution is 5.96. The molecule has 0 bridgehead atoms. The summed E-state index contributed by atoms with van der Waals surface area (Å²) >= 11 is 0. The molecule has 0 fully saturated rings. The van der Waals surface area contributed by atoms with E-state index >= 15 is 0 Å². The molecule has 0 aliphatic carbocycles. The zero-order chi connectivity index (χ0) is 15.2. The topological polar surface area (TPSA) is 83.7 Å². The van der Waals surface area contributed by atoms with E-state index in [1.165, 1.54) is 19.4 Å². The summed E-state index contributed by atoms with van der Waals surface area (Å²) in [5.74, 6) is 0.618. The third-order valence-electron chi connectivity index (χ3n) is 2.72. The molecule has 0 saturated heterocycles. The van der Waals surface area contributed by atoms with Crippen LogP contribution in [0.3, 0.4) is 0 Å². The molecule has 1 aromatic heterocycles. The van der Waals surface area contributed by atoms with Gasteiger partial charge in [0.25, 0.3) is 0 Å². The van der Waals surface area contributed by atoms with Crippen LogP contribution in [-0.4, -0.2) is 24.7 Å². The van der Waals surface area contributed by atoms with Crippen molar-refractivity contribution in [2.75, 3.05) is 19.5 Å². The molecule has 0 spiro atoms. The zero-order valence-electron chi connectivity index (χ0n) is 11.8. The lowest BCUT2D eigenvalue weighted by Crippen LogP contribution is -2.09. The third-order valence-corrected chi connectivity index (χ3v) is 2.72. The van der Waals surface area contributed by atoms with Gasteiger partial charge in [0.15, 0.2) is 11.5 Å². The van der Waals surface area contributed by atoms with Gasteiger partial charge >= 0.3 is 5.97 Å². The molecule has 1 heterocycles. The van der Waals surface area contributed by atoms with E-state index in [1.807, 2.05) is 6.07 Å². The fourth-order valence-corrected chi connectivity index (χ4v) is 1.73. The molecule has 0 saturated carbocycles. The number of nitrogens with two attached hydrogens (primary N) is 1. The molecule has 0 amide bonds. The Morgan fingerprint density at radius 3 is 2.62 bits per heavy atom. The predicted octanol–water partition coefficient (Wildman–Crippen LogP) is 2.64. The Morgan fingerprint density at radius 2 is 1.95 bits per heavy atom. The van der Waals surface area contributed by atoms with Crippen LogP contribution in [0.2, 0.25) is 0 Å². The molecule has 1 aromatic carbocycles. The first-order valence-electron chi connectivity index (χ1n) is 6.39. The van der Waals surface area contributed by atoms with Crippen LogP contribution in [0.25, 0.3) is 0 Å². The Hall–Kier alpha value is -2.76. The smallest absolute Gasteiger partial charge is 0.340 e. The van der Waals surface area contributed by atoms with E-state index in [9.17, 15) is 4.79 Å². The summed E-state index contributed by atoms with van der Waals surface area (Å²) in [6.07, 6.45) is 1.44. The lowest BCUT2D eigenvalue weighted by atomic mass is 10.2. The number of methoxy groups -OCH3 is 1. The van der Waals surface area contributed by atoms with Gasteiger partial charge in [0, 0.05) is 6.20 Å². The quantitative estimate of drug-likeness (QED) is 0.851. The first kappa shape index (κ1) is 14.6. The molecule has 110 valence electrons. The van der Waals surface area contributed by atoms with E-state index in [0.717, 1.165) is 0 Å². The Balaban J connectivity index is 2.33. The summed E-state index contributed by atoms with van der Waals surface area (Å²) in [6, 6.07) is 8.57. The van der Waals surface area contributed by atoms with Gasteiger partial charge in [-0.3, -0.25) is 0 Å². The maximum absolute atomic E-state index is 11.8. The van der Waals surface area contributed by atoms with Gasteiger partial charge < -0.3 is 19.9 Å². The lowest BCUT2D eigenvalue weighted by molar-refractivity contribution is 0.0527. The minimum absolute atomic E-state index is 0.127. The number of nitrogens with zero attached hydrogens (tertiary/aromatic N) is 1. The minimum atomic E-state index is -0.512. The Bertz CT molecular complexity index is 643. The highest BCUT2D eigenvalue weighted by atomic mass is 16.5. The number of hydrogen-bond donors (Lipinski definition) is 1. The van der Waals surface area contributed by atoms with Crippen LogP contribution in [0.15, 0.2) is 36.5 Å². The van der Waals surface area contributed by atoms with Crippen LogP contribution in [0.1, 0.15) is 17.3 Å². The first-order valence-corrected chi connectivity index (χ1v) is 6.39. The molecule has 0 aliphatic heterocycles. The predicted molar refractivity (Wildman–Crippen MR) is 77.7 cm³/mol. The van der Waals surface area contributed by atoms with Crippen molar-refractivity contribution < 1.29 is 19.0 Å². The fraction of sp³-hybridized carbons (Fsp3) is 0.200. The maximum Gasteiger partial charge on any atom is 0.340 e. The second-order valence-corrected chi connectivity index (χ2v) is 4.05. The van der Waals surface area contributed by atoms with Crippen molar-refractivity contribution >= 4 is 11.7 Å². The van der Waals surface area contributed by atoms with Gasteiger partial charge in [-0.2, -0.15) is 0 Å². The number of para-hydroxylation sites is 2. The largest absolute Gasteiger partial charge is 0.493 e. The van der Waals surface area contributed by atoms with Gasteiger partial charge in [0.05, 0.1) is 19.3 Å². The van der Waals surface area contributed by atoms with Crippen molar-refractivity contribution in [1.82, 2.24) is 4.98 Å². The summed E-state index contributed by atoms with van der Waals surface area (Å²) in [5, 5.41) is 0. The van der Waals surface area contributed by atoms with Crippen LogP contribution < -0.4 is 15.2 Å². The average molecular weight is 288 g/mol. The number of carbonyl (C=O) groups excluding carboxylic acids is 1. The Labute approximate surface area is 122 Å². The maximum atomic E-state index is 11.8. The van der Waals surface area contributed by atoms with Crippen molar-refractivity contribution in [2.24, 2.45) is 0 Å². The number of ether oxygens (including phenoxy) is 3. The number of anilines is 1. The Kier molecular flexibility index (Phi) is 4.61. The molecule has 0 unspecified atom stereocenters. The molecule has 2 aromatic rings. The minimum Gasteiger partial charge on any atom is -0.493 e. The molecule has 0 radical (unpaired) electrons. The number of carbonyl (C=O) groups is 1. The fourth-order valence-electron chi connectivity index (χ4n) is 1.73. The molecular formula is C15H16N2O4. The number of benzene rings is 1. The molecule has 2 rings (SSSR count). The Morgan fingerprint density at radius 1 is 1.24 bits per heavy atom. The standard InChI is InChI=1S/C15H16N2O4/c1-3-20-15(18)10-8-9-17-14(13(10)16)21-12-7-5-4-6-11(12)19-2/h4-9H,3,16H2,1-2H3. The number of hydrogen-bond acceptors (Lipinski definition) is 6. The number of aromatic nitrogens is 1. The van der Waals surface area contributed by atoms with E-state index in [1.54, 1.807) is 25.1 Å². The van der Waals surface area contributed by atoms with Crippen molar-refractivity contribution in [1.29, 1.82) is 0 Å². The van der Waals surface area contributed by atoms with Crippen molar-refractivity contribution in [2.45, 2.75) is 6.92 Å². The summed E-state index contributed by atoms with van der Waals surface area (Å²) in [5.41, 5.74) is 6.27. The summed E-state index contributed by atoms with van der Waals surface area (Å²) in [6.45, 7) is 1.99. The monoisotopic (exact) mass is 288 g/mol. The molecule has 2 N–H and O–H groups in total. The highest BCUT2D eigenvalue weighted by Crippen LogP contribution is 2.33. The van der Waals surface area contributed by atoms with Crippen LogP contribution in [0, 0.1) is 0 Å². The summed E-state index contributed by atoms with van der Waals surface area (Å²) in [7, 11) is 1.54. The first-order chi connectivity index (χ1) is 10.2. The average Bonchev–Trinajstić information content (AvgIpc) is 2.50. The zero-order valence-corrected chi connectivity index (χ0v) is 11.8. The number of rotatable bonds is 5. The van der Waals surface area contributed by atoms with Crippen molar-refractivity contribution in [3.8, 4) is 17.4 Å². The van der Waals surface area contributed by atoms with Gasteiger partial charge in [-0.05, 0) is 25.1 Å². The van der Waals surface area contributed by atoms with E-state index in [2.05, 4.69) is 4.98 Å². The van der Waals surface area contributed by atoms with Gasteiger partial charge in [-0.1, -0.05) is 12.1 Å². The summed E-state index contributed by atoms with van der Waals surface area (Å²) < 4.78 is 15.8. The molecule has 0 atom stereocenters. The summed E-state index contributed by atoms with van der Waals surface area (Å²) in [4.78, 5) is 15.8. The van der Waals surface area contributed by atoms with Crippen LogP contribution in [0.5, 0.6) is 17.4 Å². The second kappa shape index (κ2) is 6.60. The third kappa shape index (κ3) is 3.22. The number of esters is 1. The van der Waals surface area contributed by atoms with E-state index < -0.39 is 5.97 Å². The number of pyridine rings is 1. The lowest BCUT2D eigenvalue weighted by Gasteiger charge is -2.12. The van der Waals surface area contributed by atoms with Crippen molar-refractivity contribution in [3.63, 3.8) is 0 Å². The van der Waals surface area contributed by atoms with Crippen LogP contribution >= 0.6 is 0 Å². The van der Waals surface area contributed by atoms with E-state index in [4.69, 9.17) is 19.9 Å². The van der Waals surface area contributed by atoms with E-state index in [-0.39, 0.29) is 23.7 Å². The molecule has 0 aliphatic rings. The molecular weight excluding hydrogens is 272 g/mol.